The van der Waals surface area contributed by atoms with Gasteiger partial charge in [0.2, 0.25) is 0 Å². The number of aromatic nitrogens is 2. The Hall–Kier alpha value is -1.49. The first-order valence-electron chi connectivity index (χ1n) is 6.46. The number of aryl methyl sites for hydroxylation is 2. The van der Waals surface area contributed by atoms with Crippen molar-refractivity contribution in [1.29, 1.82) is 0 Å². The predicted molar refractivity (Wildman–Crippen MR) is 69.5 cm³/mol. The summed E-state index contributed by atoms with van der Waals surface area (Å²) in [5.74, 6) is 0.0710. The highest BCUT2D eigenvalue weighted by atomic mass is 16.2. The first-order valence-corrected chi connectivity index (χ1v) is 6.46. The third-order valence-electron chi connectivity index (χ3n) is 3.41. The molecule has 2 heterocycles. The molecule has 1 unspecified atom stereocenters. The predicted octanol–water partition coefficient (Wildman–Crippen LogP) is 0.917. The quantitative estimate of drug-likeness (QED) is 0.864. The average Bonchev–Trinajstić information content (AvgIpc) is 2.87. The molecule has 1 amide bonds. The molecule has 0 spiro atoms. The molecule has 0 aliphatic carbocycles. The molecule has 5 heteroatoms. The third kappa shape index (κ3) is 2.51. The molecule has 1 fully saturated rings. The fraction of sp³-hybridized carbons (Fsp3) is 0.615. The van der Waals surface area contributed by atoms with Gasteiger partial charge in [-0.2, -0.15) is 10.2 Å². The molecule has 5 nitrogen and oxygen atoms in total. The lowest BCUT2D eigenvalue weighted by Gasteiger charge is -2.27. The van der Waals surface area contributed by atoms with E-state index in [-0.39, 0.29) is 5.91 Å². The van der Waals surface area contributed by atoms with E-state index in [1.165, 1.54) is 0 Å². The standard InChI is InChI=1S/C13H20N4O/c1-4-17(11-5-6-14-8-11)13(18)12-7-9(2)15-16-10(12)3/h7,11,14H,4-6,8H2,1-3H3. The summed E-state index contributed by atoms with van der Waals surface area (Å²) in [4.78, 5) is 14.5. The van der Waals surface area contributed by atoms with E-state index in [1.54, 1.807) is 0 Å². The first kappa shape index (κ1) is 13.0. The summed E-state index contributed by atoms with van der Waals surface area (Å²) < 4.78 is 0. The van der Waals surface area contributed by atoms with Crippen LogP contribution < -0.4 is 5.32 Å². The lowest BCUT2D eigenvalue weighted by molar-refractivity contribution is 0.0702. The normalized spacial score (nSPS) is 18.9. The molecule has 98 valence electrons. The molecule has 0 saturated carbocycles. The van der Waals surface area contributed by atoms with Crippen LogP contribution in [0.5, 0.6) is 0 Å². The summed E-state index contributed by atoms with van der Waals surface area (Å²) >= 11 is 0. The number of hydrogen-bond donors (Lipinski definition) is 1. The van der Waals surface area contributed by atoms with Crippen molar-refractivity contribution in [1.82, 2.24) is 20.4 Å². The largest absolute Gasteiger partial charge is 0.335 e. The van der Waals surface area contributed by atoms with Gasteiger partial charge in [-0.3, -0.25) is 4.79 Å². The van der Waals surface area contributed by atoms with Crippen LogP contribution in [0.3, 0.4) is 0 Å². The van der Waals surface area contributed by atoms with E-state index in [9.17, 15) is 4.79 Å². The zero-order valence-corrected chi connectivity index (χ0v) is 11.2. The second-order valence-corrected chi connectivity index (χ2v) is 4.72. The van der Waals surface area contributed by atoms with Gasteiger partial charge in [-0.15, -0.1) is 0 Å². The summed E-state index contributed by atoms with van der Waals surface area (Å²) in [6.07, 6.45) is 1.02. The molecule has 0 radical (unpaired) electrons. The first-order chi connectivity index (χ1) is 8.63. The second kappa shape index (κ2) is 5.44. The Labute approximate surface area is 108 Å². The van der Waals surface area contributed by atoms with Gasteiger partial charge in [0, 0.05) is 19.1 Å². The van der Waals surface area contributed by atoms with Gasteiger partial charge in [0.25, 0.3) is 5.91 Å². The molecule has 1 aromatic heterocycles. The minimum Gasteiger partial charge on any atom is -0.335 e. The van der Waals surface area contributed by atoms with Gasteiger partial charge in [0.05, 0.1) is 17.0 Å². The number of rotatable bonds is 3. The second-order valence-electron chi connectivity index (χ2n) is 4.72. The van der Waals surface area contributed by atoms with Gasteiger partial charge >= 0.3 is 0 Å². The van der Waals surface area contributed by atoms with Crippen LogP contribution in [0.4, 0.5) is 0 Å². The minimum atomic E-state index is 0.0710. The van der Waals surface area contributed by atoms with Gasteiger partial charge in [-0.1, -0.05) is 0 Å². The lowest BCUT2D eigenvalue weighted by Crippen LogP contribution is -2.41. The highest BCUT2D eigenvalue weighted by Gasteiger charge is 2.27. The van der Waals surface area contributed by atoms with Crippen molar-refractivity contribution in [3.8, 4) is 0 Å². The van der Waals surface area contributed by atoms with Crippen molar-refractivity contribution in [3.63, 3.8) is 0 Å². The maximum absolute atomic E-state index is 12.6. The van der Waals surface area contributed by atoms with Crippen molar-refractivity contribution < 1.29 is 4.79 Å². The molecule has 18 heavy (non-hydrogen) atoms. The summed E-state index contributed by atoms with van der Waals surface area (Å²) in [6, 6.07) is 2.13. The third-order valence-corrected chi connectivity index (χ3v) is 3.41. The maximum Gasteiger partial charge on any atom is 0.256 e. The maximum atomic E-state index is 12.6. The van der Waals surface area contributed by atoms with Crippen molar-refractivity contribution in [2.75, 3.05) is 19.6 Å². The Kier molecular flexibility index (Phi) is 3.91. The van der Waals surface area contributed by atoms with Crippen LogP contribution in [0.2, 0.25) is 0 Å². The van der Waals surface area contributed by atoms with Crippen molar-refractivity contribution in [3.05, 3.63) is 23.0 Å². The molecule has 1 atom stereocenters. The molecule has 2 rings (SSSR count). The van der Waals surface area contributed by atoms with E-state index in [2.05, 4.69) is 15.5 Å². The molecule has 1 aromatic rings. The van der Waals surface area contributed by atoms with Gasteiger partial charge < -0.3 is 10.2 Å². The van der Waals surface area contributed by atoms with Crippen LogP contribution in [-0.2, 0) is 0 Å². The van der Waals surface area contributed by atoms with Crippen LogP contribution in [0.15, 0.2) is 6.07 Å². The van der Waals surface area contributed by atoms with E-state index in [4.69, 9.17) is 0 Å². The number of nitrogens with one attached hydrogen (secondary N) is 1. The number of carbonyl (C=O) groups is 1. The number of hydrogen-bond acceptors (Lipinski definition) is 4. The molecule has 1 aliphatic heterocycles. The van der Waals surface area contributed by atoms with Crippen molar-refractivity contribution >= 4 is 5.91 Å². The SMILES string of the molecule is CCN(C(=O)c1cc(C)nnc1C)C1CCNC1. The van der Waals surface area contributed by atoms with E-state index < -0.39 is 0 Å². The monoisotopic (exact) mass is 248 g/mol. The molecule has 0 aromatic carbocycles. The Morgan fingerprint density at radius 2 is 2.28 bits per heavy atom. The highest BCUT2D eigenvalue weighted by Crippen LogP contribution is 2.15. The molecule has 1 N–H and O–H groups in total. The zero-order valence-electron chi connectivity index (χ0n) is 11.2. The van der Waals surface area contributed by atoms with E-state index in [1.807, 2.05) is 31.7 Å². The van der Waals surface area contributed by atoms with Crippen LogP contribution in [0.1, 0.15) is 35.1 Å². The Morgan fingerprint density at radius 3 is 2.89 bits per heavy atom. The van der Waals surface area contributed by atoms with Crippen LogP contribution >= 0.6 is 0 Å². The topological polar surface area (TPSA) is 58.1 Å². The minimum absolute atomic E-state index is 0.0710. The molecule has 0 bridgehead atoms. The van der Waals surface area contributed by atoms with Crippen molar-refractivity contribution in [2.45, 2.75) is 33.2 Å². The summed E-state index contributed by atoms with van der Waals surface area (Å²) in [7, 11) is 0. The van der Waals surface area contributed by atoms with Crippen molar-refractivity contribution in [2.24, 2.45) is 0 Å². The number of likely N-dealkylation sites (N-methyl/N-ethyl adjacent to an activating group) is 1. The fourth-order valence-electron chi connectivity index (χ4n) is 2.39. The van der Waals surface area contributed by atoms with E-state index in [0.717, 1.165) is 31.7 Å². The lowest BCUT2D eigenvalue weighted by atomic mass is 10.1. The number of nitrogens with zero attached hydrogens (tertiary/aromatic N) is 3. The molecule has 1 saturated heterocycles. The highest BCUT2D eigenvalue weighted by molar-refractivity contribution is 5.95. The fourth-order valence-corrected chi connectivity index (χ4v) is 2.39. The van der Waals surface area contributed by atoms with E-state index >= 15 is 0 Å². The summed E-state index contributed by atoms with van der Waals surface area (Å²) in [5, 5.41) is 11.3. The van der Waals surface area contributed by atoms with Crippen LogP contribution in [-0.4, -0.2) is 46.7 Å². The Balaban J connectivity index is 2.25. The zero-order chi connectivity index (χ0) is 13.1. The number of amides is 1. The smallest absolute Gasteiger partial charge is 0.256 e. The van der Waals surface area contributed by atoms with Gasteiger partial charge in [0.1, 0.15) is 0 Å². The van der Waals surface area contributed by atoms with Gasteiger partial charge in [-0.25, -0.2) is 0 Å². The molecular weight excluding hydrogens is 228 g/mol. The summed E-state index contributed by atoms with van der Waals surface area (Å²) in [6.45, 7) is 8.31. The van der Waals surface area contributed by atoms with Gasteiger partial charge in [0.15, 0.2) is 0 Å². The van der Waals surface area contributed by atoms with Gasteiger partial charge in [-0.05, 0) is 39.8 Å². The van der Waals surface area contributed by atoms with E-state index in [0.29, 0.717) is 17.3 Å². The van der Waals surface area contributed by atoms with Crippen LogP contribution in [0, 0.1) is 13.8 Å². The Bertz CT molecular complexity index is 441. The average molecular weight is 248 g/mol. The Morgan fingerprint density at radius 1 is 1.50 bits per heavy atom. The number of carbonyl (C=O) groups excluding carboxylic acids is 1. The molecular formula is C13H20N4O. The molecule has 1 aliphatic rings. The summed E-state index contributed by atoms with van der Waals surface area (Å²) in [5.41, 5.74) is 2.16. The van der Waals surface area contributed by atoms with Crippen LogP contribution in [0.25, 0.3) is 0 Å².